The van der Waals surface area contributed by atoms with Crippen molar-refractivity contribution in [3.05, 3.63) is 102 Å². The van der Waals surface area contributed by atoms with E-state index in [1.165, 1.54) is 44.9 Å². The van der Waals surface area contributed by atoms with E-state index in [1.807, 2.05) is 0 Å². The first-order chi connectivity index (χ1) is 12.6. The Hall–Kier alpha value is -3.06. The predicted molar refractivity (Wildman–Crippen MR) is 111 cm³/mol. The molecule has 1 heterocycles. The van der Waals surface area contributed by atoms with Crippen LogP contribution in [-0.4, -0.2) is 4.57 Å². The molecule has 0 aliphatic heterocycles. The van der Waals surface area contributed by atoms with Crippen LogP contribution in [-0.2, 0) is 0 Å². The van der Waals surface area contributed by atoms with Gasteiger partial charge in [-0.3, -0.25) is 0 Å². The lowest BCUT2D eigenvalue weighted by Crippen LogP contribution is -1.99. The van der Waals surface area contributed by atoms with Gasteiger partial charge in [-0.1, -0.05) is 77.9 Å². The van der Waals surface area contributed by atoms with E-state index >= 15 is 0 Å². The molecule has 1 aromatic heterocycles. The highest BCUT2D eigenvalue weighted by molar-refractivity contribution is 5.76. The summed E-state index contributed by atoms with van der Waals surface area (Å²) in [4.78, 5) is 0. The minimum Gasteiger partial charge on any atom is -0.309 e. The molecule has 0 amide bonds. The van der Waals surface area contributed by atoms with Crippen LogP contribution >= 0.6 is 0 Å². The molecule has 3 aromatic carbocycles. The highest BCUT2D eigenvalue weighted by atomic mass is 15.0. The molecule has 0 saturated heterocycles. The van der Waals surface area contributed by atoms with Gasteiger partial charge in [-0.2, -0.15) is 0 Å². The molecule has 0 bridgehead atoms. The van der Waals surface area contributed by atoms with Crippen molar-refractivity contribution in [1.29, 1.82) is 0 Å². The molecular formula is C25H23N. The number of aryl methyl sites for hydroxylation is 3. The molecule has 0 fully saturated rings. The molecule has 26 heavy (non-hydrogen) atoms. The van der Waals surface area contributed by atoms with Gasteiger partial charge in [0, 0.05) is 5.69 Å². The summed E-state index contributed by atoms with van der Waals surface area (Å²) >= 11 is 0. The maximum atomic E-state index is 2.38. The Morgan fingerprint density at radius 1 is 0.577 bits per heavy atom. The normalized spacial score (nSPS) is 10.9. The highest BCUT2D eigenvalue weighted by Gasteiger charge is 2.16. The molecule has 4 aromatic rings. The van der Waals surface area contributed by atoms with Crippen LogP contribution in [0.25, 0.3) is 28.2 Å². The Balaban J connectivity index is 2.00. The quantitative estimate of drug-likeness (QED) is 0.390. The van der Waals surface area contributed by atoms with E-state index in [2.05, 4.69) is 110 Å². The van der Waals surface area contributed by atoms with Gasteiger partial charge < -0.3 is 4.57 Å². The van der Waals surface area contributed by atoms with Gasteiger partial charge in [-0.15, -0.1) is 0 Å². The standard InChI is InChI=1S/C25H23N/c1-18-9-13-21(14-10-18)24-17-20(3)25(22-15-11-19(2)12-16-22)26(24)23-7-5-4-6-8-23/h4-17H,1-3H3. The first-order valence-electron chi connectivity index (χ1n) is 9.05. The summed E-state index contributed by atoms with van der Waals surface area (Å²) < 4.78 is 2.38. The number of hydrogen-bond donors (Lipinski definition) is 0. The molecule has 0 aliphatic rings. The molecule has 0 atom stereocenters. The van der Waals surface area contributed by atoms with E-state index in [4.69, 9.17) is 0 Å². The van der Waals surface area contributed by atoms with Gasteiger partial charge in [0.1, 0.15) is 0 Å². The fraction of sp³-hybridized carbons (Fsp3) is 0.120. The number of nitrogens with zero attached hydrogens (tertiary/aromatic N) is 1. The summed E-state index contributed by atoms with van der Waals surface area (Å²) in [5, 5.41) is 0. The second kappa shape index (κ2) is 6.68. The van der Waals surface area contributed by atoms with Crippen molar-refractivity contribution in [2.45, 2.75) is 20.8 Å². The zero-order valence-corrected chi connectivity index (χ0v) is 15.5. The van der Waals surface area contributed by atoms with Gasteiger partial charge in [0.25, 0.3) is 0 Å². The minimum atomic E-state index is 1.19. The van der Waals surface area contributed by atoms with Crippen molar-refractivity contribution in [3.8, 4) is 28.2 Å². The van der Waals surface area contributed by atoms with Crippen LogP contribution in [0.4, 0.5) is 0 Å². The third kappa shape index (κ3) is 2.97. The van der Waals surface area contributed by atoms with Crippen LogP contribution in [0.2, 0.25) is 0 Å². The molecule has 0 radical (unpaired) electrons. The summed E-state index contributed by atoms with van der Waals surface area (Å²) in [6.07, 6.45) is 0. The van der Waals surface area contributed by atoms with Crippen LogP contribution < -0.4 is 0 Å². The SMILES string of the molecule is Cc1ccc(-c2cc(C)c(-c3ccc(C)cc3)n2-c2ccccc2)cc1. The molecule has 0 aliphatic carbocycles. The Morgan fingerprint density at radius 2 is 1.12 bits per heavy atom. The smallest absolute Gasteiger partial charge is 0.0564 e. The maximum absolute atomic E-state index is 2.38. The van der Waals surface area contributed by atoms with E-state index < -0.39 is 0 Å². The third-order valence-corrected chi connectivity index (χ3v) is 4.88. The van der Waals surface area contributed by atoms with Crippen LogP contribution in [0.15, 0.2) is 84.9 Å². The molecular weight excluding hydrogens is 314 g/mol. The van der Waals surface area contributed by atoms with Crippen molar-refractivity contribution in [1.82, 2.24) is 4.57 Å². The predicted octanol–water partition coefficient (Wildman–Crippen LogP) is 6.74. The Morgan fingerprint density at radius 3 is 1.69 bits per heavy atom. The summed E-state index contributed by atoms with van der Waals surface area (Å²) in [6, 6.07) is 30.5. The van der Waals surface area contributed by atoms with E-state index in [1.54, 1.807) is 0 Å². The van der Waals surface area contributed by atoms with Gasteiger partial charge in [-0.05, 0) is 55.7 Å². The number of rotatable bonds is 3. The number of hydrogen-bond acceptors (Lipinski definition) is 0. The van der Waals surface area contributed by atoms with Gasteiger partial charge in [-0.25, -0.2) is 0 Å². The molecule has 128 valence electrons. The summed E-state index contributed by atoms with van der Waals surface area (Å²) in [5.41, 5.74) is 10.00. The van der Waals surface area contributed by atoms with Crippen LogP contribution in [0.5, 0.6) is 0 Å². The minimum absolute atomic E-state index is 1.19. The zero-order valence-electron chi connectivity index (χ0n) is 15.5. The lowest BCUT2D eigenvalue weighted by atomic mass is 10.1. The van der Waals surface area contributed by atoms with Crippen molar-refractivity contribution in [3.63, 3.8) is 0 Å². The monoisotopic (exact) mass is 337 g/mol. The largest absolute Gasteiger partial charge is 0.309 e. The van der Waals surface area contributed by atoms with Crippen LogP contribution in [0, 0.1) is 20.8 Å². The second-order valence-electron chi connectivity index (χ2n) is 6.96. The molecule has 0 saturated carbocycles. The summed E-state index contributed by atoms with van der Waals surface area (Å²) in [6.45, 7) is 6.46. The molecule has 4 rings (SSSR count). The Kier molecular flexibility index (Phi) is 4.22. The van der Waals surface area contributed by atoms with Crippen LogP contribution in [0.1, 0.15) is 16.7 Å². The third-order valence-electron chi connectivity index (χ3n) is 4.88. The van der Waals surface area contributed by atoms with Gasteiger partial charge in [0.05, 0.1) is 11.4 Å². The van der Waals surface area contributed by atoms with Crippen LogP contribution in [0.3, 0.4) is 0 Å². The average molecular weight is 337 g/mol. The molecule has 1 heteroatoms. The first-order valence-corrected chi connectivity index (χ1v) is 9.05. The van der Waals surface area contributed by atoms with Crippen molar-refractivity contribution >= 4 is 0 Å². The molecule has 1 nitrogen and oxygen atoms in total. The summed E-state index contributed by atoms with van der Waals surface area (Å²) in [7, 11) is 0. The van der Waals surface area contributed by atoms with Gasteiger partial charge in [0.2, 0.25) is 0 Å². The lowest BCUT2D eigenvalue weighted by Gasteiger charge is -2.15. The van der Waals surface area contributed by atoms with Gasteiger partial charge >= 0.3 is 0 Å². The Bertz CT molecular complexity index is 1020. The van der Waals surface area contributed by atoms with Gasteiger partial charge in [0.15, 0.2) is 0 Å². The van der Waals surface area contributed by atoms with E-state index in [0.717, 1.165) is 0 Å². The van der Waals surface area contributed by atoms with E-state index in [0.29, 0.717) is 0 Å². The topological polar surface area (TPSA) is 4.93 Å². The number of para-hydroxylation sites is 1. The van der Waals surface area contributed by atoms with E-state index in [9.17, 15) is 0 Å². The maximum Gasteiger partial charge on any atom is 0.0564 e. The number of benzene rings is 3. The fourth-order valence-electron chi connectivity index (χ4n) is 3.48. The highest BCUT2D eigenvalue weighted by Crippen LogP contribution is 2.35. The van der Waals surface area contributed by atoms with Crippen molar-refractivity contribution < 1.29 is 0 Å². The fourth-order valence-corrected chi connectivity index (χ4v) is 3.48. The van der Waals surface area contributed by atoms with Crippen molar-refractivity contribution in [2.75, 3.05) is 0 Å². The summed E-state index contributed by atoms with van der Waals surface area (Å²) in [5.74, 6) is 0. The lowest BCUT2D eigenvalue weighted by molar-refractivity contribution is 1.09. The molecule has 0 N–H and O–H groups in total. The van der Waals surface area contributed by atoms with E-state index in [-0.39, 0.29) is 0 Å². The Labute approximate surface area is 155 Å². The molecule has 0 unspecified atom stereocenters. The molecule has 0 spiro atoms. The van der Waals surface area contributed by atoms with Crippen molar-refractivity contribution in [2.24, 2.45) is 0 Å². The second-order valence-corrected chi connectivity index (χ2v) is 6.96. The average Bonchev–Trinajstić information content (AvgIpc) is 3.01. The first kappa shape index (κ1) is 16.4. The number of aromatic nitrogens is 1. The zero-order chi connectivity index (χ0) is 18.1.